The van der Waals surface area contributed by atoms with E-state index in [1.807, 2.05) is 0 Å². The van der Waals surface area contributed by atoms with Crippen LogP contribution in [0.15, 0.2) is 41.3 Å². The van der Waals surface area contributed by atoms with E-state index in [1.165, 1.54) is 12.1 Å². The molecule has 0 saturated carbocycles. The van der Waals surface area contributed by atoms with Gasteiger partial charge in [-0.3, -0.25) is 0 Å². The van der Waals surface area contributed by atoms with Crippen molar-refractivity contribution in [2.24, 2.45) is 0 Å². The maximum Gasteiger partial charge on any atom is 0.339 e. The van der Waals surface area contributed by atoms with E-state index in [4.69, 9.17) is 37.9 Å². The van der Waals surface area contributed by atoms with Crippen LogP contribution in [0, 0.1) is 0 Å². The maximum absolute atomic E-state index is 12.3. The highest BCUT2D eigenvalue weighted by Gasteiger charge is 2.19. The Balaban J connectivity index is 2.21. The van der Waals surface area contributed by atoms with Crippen LogP contribution in [0.3, 0.4) is 0 Å². The van der Waals surface area contributed by atoms with Crippen LogP contribution in [-0.2, 0) is 21.3 Å². The van der Waals surface area contributed by atoms with Crippen LogP contribution in [0.2, 0.25) is 10.0 Å². The molecule has 2 aromatic carbocycles. The Hall–Kier alpha value is -1.47. The first-order valence-electron chi connectivity index (χ1n) is 6.60. The molecule has 0 spiro atoms. The van der Waals surface area contributed by atoms with Gasteiger partial charge >= 0.3 is 10.1 Å². The third-order valence-corrected chi connectivity index (χ3v) is 4.92. The molecule has 0 aliphatic carbocycles. The van der Waals surface area contributed by atoms with Gasteiger partial charge in [0.05, 0.1) is 22.3 Å². The fourth-order valence-corrected chi connectivity index (χ4v) is 3.41. The summed E-state index contributed by atoms with van der Waals surface area (Å²) in [6, 6.07) is 9.09. The highest BCUT2D eigenvalue weighted by atomic mass is 35.5. The van der Waals surface area contributed by atoms with Crippen LogP contribution >= 0.6 is 23.2 Å². The molecule has 23 heavy (non-hydrogen) atoms. The lowest BCUT2D eigenvalue weighted by molar-refractivity contribution is 0.202. The Morgan fingerprint density at radius 3 is 2.17 bits per heavy atom. The predicted octanol–water partition coefficient (Wildman–Crippen LogP) is 3.53. The fraction of sp³-hybridized carbons (Fsp3) is 0.200. The number of hydrogen-bond donors (Lipinski definition) is 1. The Bertz CT molecular complexity index is 769. The summed E-state index contributed by atoms with van der Waals surface area (Å²) in [5.41, 5.74) is 6.72. The number of rotatable bonds is 6. The average molecular weight is 376 g/mol. The molecule has 124 valence electrons. The normalized spacial score (nSPS) is 11.4. The highest BCUT2D eigenvalue weighted by Crippen LogP contribution is 2.31. The smallest absolute Gasteiger partial charge is 0.339 e. The van der Waals surface area contributed by atoms with Gasteiger partial charge in [-0.1, -0.05) is 35.3 Å². The second kappa shape index (κ2) is 7.40. The molecule has 0 aliphatic rings. The van der Waals surface area contributed by atoms with Crippen molar-refractivity contribution in [3.63, 3.8) is 0 Å². The van der Waals surface area contributed by atoms with Crippen molar-refractivity contribution in [2.45, 2.75) is 11.3 Å². The van der Waals surface area contributed by atoms with E-state index < -0.39 is 10.1 Å². The van der Waals surface area contributed by atoms with Gasteiger partial charge in [-0.2, -0.15) is 8.42 Å². The molecule has 8 heteroatoms. The molecule has 0 heterocycles. The average Bonchev–Trinajstić information content (AvgIpc) is 2.51. The van der Waals surface area contributed by atoms with E-state index >= 15 is 0 Å². The van der Waals surface area contributed by atoms with Gasteiger partial charge in [-0.05, 0) is 36.2 Å². The lowest BCUT2D eigenvalue weighted by Gasteiger charge is -2.10. The van der Waals surface area contributed by atoms with Gasteiger partial charge in [0.25, 0.3) is 0 Å². The third-order valence-electron chi connectivity index (χ3n) is 3.07. The Labute approximate surface area is 145 Å². The number of anilines is 1. The van der Waals surface area contributed by atoms with Crippen molar-refractivity contribution in [3.8, 4) is 5.75 Å². The van der Waals surface area contributed by atoms with Gasteiger partial charge in [0.2, 0.25) is 0 Å². The summed E-state index contributed by atoms with van der Waals surface area (Å²) in [5, 5.41) is 0.101. The van der Waals surface area contributed by atoms with E-state index in [0.29, 0.717) is 6.61 Å². The number of ether oxygens (including phenoxy) is 1. The molecule has 0 bridgehead atoms. The number of nitrogen functional groups attached to an aromatic ring is 1. The topological polar surface area (TPSA) is 78.6 Å². The summed E-state index contributed by atoms with van der Waals surface area (Å²) in [6.07, 6.45) is 0.729. The van der Waals surface area contributed by atoms with E-state index in [-0.39, 0.29) is 26.4 Å². The van der Waals surface area contributed by atoms with E-state index in [1.54, 1.807) is 31.4 Å². The molecular formula is C15H15Cl2NO4S. The van der Waals surface area contributed by atoms with Crippen LogP contribution in [-0.4, -0.2) is 22.1 Å². The number of nitrogens with two attached hydrogens (primary N) is 1. The van der Waals surface area contributed by atoms with Crippen molar-refractivity contribution < 1.29 is 17.3 Å². The number of methoxy groups -OCH3 is 1. The first-order chi connectivity index (χ1) is 10.8. The molecular weight excluding hydrogens is 361 g/mol. The molecule has 0 amide bonds. The van der Waals surface area contributed by atoms with Gasteiger partial charge in [-0.15, -0.1) is 0 Å². The second-order valence-electron chi connectivity index (χ2n) is 4.72. The summed E-state index contributed by atoms with van der Waals surface area (Å²) in [7, 11) is -2.44. The van der Waals surface area contributed by atoms with Crippen molar-refractivity contribution in [1.29, 1.82) is 0 Å². The van der Waals surface area contributed by atoms with Gasteiger partial charge < -0.3 is 14.7 Å². The van der Waals surface area contributed by atoms with Crippen LogP contribution in [0.4, 0.5) is 5.69 Å². The molecule has 0 saturated heterocycles. The molecule has 0 unspecified atom stereocenters. The molecule has 0 aromatic heterocycles. The SMILES string of the molecule is COCCc1ccc(OS(=O)(=O)c2cc(Cl)c(N)c(Cl)c2)cc1. The third kappa shape index (κ3) is 4.51. The zero-order valence-electron chi connectivity index (χ0n) is 12.3. The van der Waals surface area contributed by atoms with Gasteiger partial charge in [-0.25, -0.2) is 0 Å². The molecule has 0 radical (unpaired) electrons. The van der Waals surface area contributed by atoms with Gasteiger partial charge in [0.1, 0.15) is 10.6 Å². The van der Waals surface area contributed by atoms with Crippen molar-refractivity contribution in [2.75, 3.05) is 19.5 Å². The summed E-state index contributed by atoms with van der Waals surface area (Å²) in [6.45, 7) is 0.584. The first-order valence-corrected chi connectivity index (χ1v) is 8.77. The molecule has 0 aliphatic heterocycles. The van der Waals surface area contributed by atoms with E-state index in [9.17, 15) is 8.42 Å². The maximum atomic E-state index is 12.3. The summed E-state index contributed by atoms with van der Waals surface area (Å²) in [4.78, 5) is -0.162. The minimum atomic E-state index is -4.05. The van der Waals surface area contributed by atoms with Crippen LogP contribution in [0.5, 0.6) is 5.75 Å². The van der Waals surface area contributed by atoms with Gasteiger partial charge in [0.15, 0.2) is 0 Å². The summed E-state index contributed by atoms with van der Waals surface area (Å²) >= 11 is 11.7. The standard InChI is InChI=1S/C15H15Cl2NO4S/c1-21-7-6-10-2-4-11(5-3-10)22-23(19,20)12-8-13(16)15(18)14(17)9-12/h2-5,8-9H,6-7,18H2,1H3. The fourth-order valence-electron chi connectivity index (χ4n) is 1.81. The first kappa shape index (κ1) is 17.9. The lowest BCUT2D eigenvalue weighted by Crippen LogP contribution is -2.10. The van der Waals surface area contributed by atoms with Gasteiger partial charge in [0, 0.05) is 7.11 Å². The highest BCUT2D eigenvalue weighted by molar-refractivity contribution is 7.87. The molecule has 0 fully saturated rings. The Kier molecular flexibility index (Phi) is 5.75. The molecule has 2 rings (SSSR count). The monoisotopic (exact) mass is 375 g/mol. The largest absolute Gasteiger partial charge is 0.396 e. The summed E-state index contributed by atoms with van der Waals surface area (Å²) in [5.74, 6) is 0.190. The zero-order valence-corrected chi connectivity index (χ0v) is 14.6. The minimum absolute atomic E-state index is 0.0505. The number of benzene rings is 2. The lowest BCUT2D eigenvalue weighted by atomic mass is 10.1. The van der Waals surface area contributed by atoms with Crippen molar-refractivity contribution in [1.82, 2.24) is 0 Å². The Morgan fingerprint density at radius 2 is 1.65 bits per heavy atom. The second-order valence-corrected chi connectivity index (χ2v) is 7.09. The number of halogens is 2. The molecule has 0 atom stereocenters. The van der Waals surface area contributed by atoms with E-state index in [2.05, 4.69) is 0 Å². The minimum Gasteiger partial charge on any atom is -0.396 e. The summed E-state index contributed by atoms with van der Waals surface area (Å²) < 4.78 is 34.6. The van der Waals surface area contributed by atoms with Crippen LogP contribution in [0.25, 0.3) is 0 Å². The van der Waals surface area contributed by atoms with Crippen LogP contribution in [0.1, 0.15) is 5.56 Å². The Morgan fingerprint density at radius 1 is 1.09 bits per heavy atom. The molecule has 5 nitrogen and oxygen atoms in total. The predicted molar refractivity (Wildman–Crippen MR) is 90.7 cm³/mol. The van der Waals surface area contributed by atoms with Crippen molar-refractivity contribution >= 4 is 39.0 Å². The zero-order chi connectivity index (χ0) is 17.0. The van der Waals surface area contributed by atoms with E-state index in [0.717, 1.165) is 12.0 Å². The van der Waals surface area contributed by atoms with Crippen LogP contribution < -0.4 is 9.92 Å². The number of hydrogen-bond acceptors (Lipinski definition) is 5. The molecule has 2 N–H and O–H groups in total. The van der Waals surface area contributed by atoms with Crippen molar-refractivity contribution in [3.05, 3.63) is 52.0 Å². The molecule has 2 aromatic rings. The quantitative estimate of drug-likeness (QED) is 0.616.